The van der Waals surface area contributed by atoms with Crippen molar-refractivity contribution in [3.8, 4) is 0 Å². The van der Waals surface area contributed by atoms with Crippen molar-refractivity contribution in [2.75, 3.05) is 5.75 Å². The minimum absolute atomic E-state index is 0.0574. The molecule has 0 radical (unpaired) electrons. The van der Waals surface area contributed by atoms with Gasteiger partial charge < -0.3 is 12.9 Å². The molecule has 0 atom stereocenters. The fraction of sp³-hybridized carbons (Fsp3) is 0.385. The molecule has 1 aromatic carbocycles. The summed E-state index contributed by atoms with van der Waals surface area (Å²) in [6.07, 6.45) is 0. The van der Waals surface area contributed by atoms with Crippen molar-refractivity contribution in [3.63, 3.8) is 0 Å². The molecule has 0 heterocycles. The Balaban J connectivity index is 2.63. The average molecular weight is 273 g/mol. The van der Waals surface area contributed by atoms with E-state index in [-0.39, 0.29) is 11.2 Å². The van der Waals surface area contributed by atoms with Crippen LogP contribution in [0.3, 0.4) is 0 Å². The van der Waals surface area contributed by atoms with Crippen LogP contribution >= 0.6 is 11.8 Å². The summed E-state index contributed by atoms with van der Waals surface area (Å²) >= 11 is 1.17. The van der Waals surface area contributed by atoms with Crippen molar-refractivity contribution in [2.24, 2.45) is 0 Å². The Kier molecular flexibility index (Phi) is 4.59. The van der Waals surface area contributed by atoms with Crippen LogP contribution in [-0.4, -0.2) is 12.7 Å². The molecular weight excluding hydrogens is 256 g/mol. The van der Waals surface area contributed by atoms with Gasteiger partial charge in [-0.05, 0) is 28.9 Å². The Labute approximate surface area is 111 Å². The van der Waals surface area contributed by atoms with Crippen LogP contribution in [-0.2, 0) is 5.41 Å². The predicted molar refractivity (Wildman–Crippen MR) is 74.1 cm³/mol. The third kappa shape index (κ3) is 4.44. The number of benzene rings is 1. The van der Waals surface area contributed by atoms with Crippen molar-refractivity contribution in [3.05, 3.63) is 41.9 Å². The Bertz CT molecular complexity index is 415. The van der Waals surface area contributed by atoms with Crippen LogP contribution in [0.5, 0.6) is 0 Å². The van der Waals surface area contributed by atoms with Gasteiger partial charge in [-0.15, -0.1) is 23.8 Å². The highest BCUT2D eigenvalue weighted by Gasteiger charge is 2.26. The number of halogens is 3. The molecule has 100 valence electrons. The number of hydrogen-bond donors (Lipinski definition) is 0. The molecule has 0 unspecified atom stereocenters. The summed E-state index contributed by atoms with van der Waals surface area (Å²) in [5.74, 6) is -0.0988. The second-order valence-electron chi connectivity index (χ2n) is 5.30. The van der Waals surface area contributed by atoms with Crippen molar-refractivity contribution in [2.45, 2.75) is 31.1 Å². The van der Waals surface area contributed by atoms with Gasteiger partial charge in [0, 0.05) is 4.90 Å². The molecule has 0 aliphatic heterocycles. The number of rotatable bonds is 4. The van der Waals surface area contributed by atoms with Crippen LogP contribution in [0.1, 0.15) is 26.3 Å². The summed E-state index contributed by atoms with van der Waals surface area (Å²) in [5.41, 5.74) is 0.590. The van der Waals surface area contributed by atoms with E-state index in [1.807, 2.05) is 24.3 Å². The first kappa shape index (κ1) is 15.2. The van der Waals surface area contributed by atoms with Gasteiger partial charge in [0.15, 0.2) is 0 Å². The molecule has 0 saturated carbocycles. The first-order valence-electron chi connectivity index (χ1n) is 5.71. The van der Waals surface area contributed by atoms with E-state index in [1.165, 1.54) is 17.3 Å². The van der Waals surface area contributed by atoms with Crippen LogP contribution < -0.4 is 0 Å². The summed E-state index contributed by atoms with van der Waals surface area (Å²) in [6, 6.07) is 7.65. The van der Waals surface area contributed by atoms with E-state index in [9.17, 15) is 12.9 Å². The molecule has 0 aromatic heterocycles. The van der Waals surface area contributed by atoms with Crippen molar-refractivity contribution in [1.29, 1.82) is 0 Å². The molecule has 0 aliphatic rings. The van der Waals surface area contributed by atoms with Crippen LogP contribution in [0.25, 0.3) is 0 Å². The second kappa shape index (κ2) is 5.43. The molecule has 5 heteroatoms. The van der Waals surface area contributed by atoms with Gasteiger partial charge >= 0.3 is 6.98 Å². The zero-order chi connectivity index (χ0) is 14.0. The SMILES string of the molecule is C=C(CSc1ccc(C(C)(C)C)cc1)[B-](F)(F)F. The Morgan fingerprint density at radius 2 is 1.67 bits per heavy atom. The molecule has 0 aliphatic carbocycles. The number of hydrogen-bond acceptors (Lipinski definition) is 1. The summed E-state index contributed by atoms with van der Waals surface area (Å²) in [6.45, 7) is 4.47. The van der Waals surface area contributed by atoms with Gasteiger partial charge in [-0.2, -0.15) is 0 Å². The van der Waals surface area contributed by atoms with Crippen LogP contribution in [0.2, 0.25) is 0 Å². The van der Waals surface area contributed by atoms with Crippen molar-refractivity contribution >= 4 is 18.7 Å². The van der Waals surface area contributed by atoms with E-state index < -0.39 is 12.4 Å². The van der Waals surface area contributed by atoms with Gasteiger partial charge in [-0.25, -0.2) is 0 Å². The smallest absolute Gasteiger partial charge is 0.445 e. The Morgan fingerprint density at radius 3 is 2.06 bits per heavy atom. The molecule has 1 aromatic rings. The standard InChI is InChI=1S/C13H17BF3S/c1-10(14(15,16)17)9-18-12-7-5-11(6-8-12)13(2,3)4/h5-8H,1,9H2,2-4H3/q-1. The highest BCUT2D eigenvalue weighted by Crippen LogP contribution is 2.29. The third-order valence-electron chi connectivity index (χ3n) is 2.61. The van der Waals surface area contributed by atoms with E-state index in [4.69, 9.17) is 0 Å². The van der Waals surface area contributed by atoms with Crippen LogP contribution in [0, 0.1) is 0 Å². The van der Waals surface area contributed by atoms with E-state index in [0.717, 1.165) is 4.90 Å². The fourth-order valence-electron chi connectivity index (χ4n) is 1.32. The molecule has 1 rings (SSSR count). The lowest BCUT2D eigenvalue weighted by Gasteiger charge is -2.20. The highest BCUT2D eigenvalue weighted by atomic mass is 32.2. The molecule has 0 saturated heterocycles. The largest absolute Gasteiger partial charge is 0.505 e. The topological polar surface area (TPSA) is 0 Å². The fourth-order valence-corrected chi connectivity index (χ4v) is 2.19. The van der Waals surface area contributed by atoms with Crippen LogP contribution in [0.4, 0.5) is 12.9 Å². The zero-order valence-electron chi connectivity index (χ0n) is 10.8. The van der Waals surface area contributed by atoms with E-state index in [0.29, 0.717) is 0 Å². The summed E-state index contributed by atoms with van der Waals surface area (Å²) in [7, 11) is 0. The lowest BCUT2D eigenvalue weighted by Crippen LogP contribution is -2.20. The predicted octanol–water partition coefficient (Wildman–Crippen LogP) is 5.02. The average Bonchev–Trinajstić information content (AvgIpc) is 2.24. The molecule has 18 heavy (non-hydrogen) atoms. The van der Waals surface area contributed by atoms with Crippen LogP contribution in [0.15, 0.2) is 41.2 Å². The first-order valence-corrected chi connectivity index (χ1v) is 6.70. The highest BCUT2D eigenvalue weighted by molar-refractivity contribution is 7.99. The molecule has 0 N–H and O–H groups in total. The summed E-state index contributed by atoms with van der Waals surface area (Å²) in [5, 5.41) is 0. The minimum Gasteiger partial charge on any atom is -0.445 e. The zero-order valence-corrected chi connectivity index (χ0v) is 11.7. The molecule has 0 spiro atoms. The van der Waals surface area contributed by atoms with Gasteiger partial charge in [-0.1, -0.05) is 32.9 Å². The molecule has 0 bridgehead atoms. The monoisotopic (exact) mass is 273 g/mol. The lowest BCUT2D eigenvalue weighted by atomic mass is 9.82. The number of thioether (sulfide) groups is 1. The first-order chi connectivity index (χ1) is 8.10. The van der Waals surface area contributed by atoms with Gasteiger partial charge in [0.05, 0.1) is 0 Å². The van der Waals surface area contributed by atoms with Crippen molar-refractivity contribution in [1.82, 2.24) is 0 Å². The second-order valence-corrected chi connectivity index (χ2v) is 6.34. The normalized spacial score (nSPS) is 12.6. The van der Waals surface area contributed by atoms with Gasteiger partial charge in [0.25, 0.3) is 0 Å². The molecular formula is C13H17BF3S-. The summed E-state index contributed by atoms with van der Waals surface area (Å²) in [4.78, 5) is 0.837. The van der Waals surface area contributed by atoms with Gasteiger partial charge in [-0.3, -0.25) is 0 Å². The van der Waals surface area contributed by atoms with Crippen molar-refractivity contribution < 1.29 is 12.9 Å². The Morgan fingerprint density at radius 1 is 1.17 bits per heavy atom. The van der Waals surface area contributed by atoms with Gasteiger partial charge in [0.2, 0.25) is 0 Å². The summed E-state index contributed by atoms with van der Waals surface area (Å²) < 4.78 is 37.0. The van der Waals surface area contributed by atoms with E-state index in [1.54, 1.807) is 0 Å². The maximum atomic E-state index is 12.3. The maximum Gasteiger partial charge on any atom is 0.505 e. The maximum absolute atomic E-state index is 12.3. The lowest BCUT2D eigenvalue weighted by molar-refractivity contribution is 0.491. The minimum atomic E-state index is -4.91. The van der Waals surface area contributed by atoms with E-state index >= 15 is 0 Å². The van der Waals surface area contributed by atoms with Gasteiger partial charge in [0.1, 0.15) is 0 Å². The Hall–Kier alpha value is -0.835. The molecule has 0 nitrogen and oxygen atoms in total. The molecule has 0 fully saturated rings. The van der Waals surface area contributed by atoms with E-state index in [2.05, 4.69) is 27.4 Å². The quantitative estimate of drug-likeness (QED) is 0.548. The third-order valence-corrected chi connectivity index (χ3v) is 3.73. The molecule has 0 amide bonds.